The molecule has 59 heavy (non-hydrogen) atoms. The first-order valence-electron chi connectivity index (χ1n) is 20.4. The van der Waals surface area contributed by atoms with Crippen molar-refractivity contribution in [2.45, 2.75) is 57.4 Å². The van der Waals surface area contributed by atoms with Gasteiger partial charge in [0.15, 0.2) is 0 Å². The van der Waals surface area contributed by atoms with E-state index in [-0.39, 0.29) is 24.3 Å². The zero-order chi connectivity index (χ0) is 42.5. The quantitative estimate of drug-likeness (QED) is 0.0873. The average Bonchev–Trinajstić information content (AvgIpc) is 3.64. The number of rotatable bonds is 16. The largest absolute Gasteiger partial charge is 0.495 e. The minimum Gasteiger partial charge on any atom is -0.495 e. The van der Waals surface area contributed by atoms with Crippen molar-refractivity contribution in [1.82, 2.24) is 33.9 Å². The molecule has 0 radical (unpaired) electrons. The lowest BCUT2D eigenvalue weighted by molar-refractivity contribution is -0.137. The summed E-state index contributed by atoms with van der Waals surface area (Å²) in [7, 11) is 2.72. The Labute approximate surface area is 346 Å². The fraction of sp³-hybridized carbons (Fsp3) is 0.488. The van der Waals surface area contributed by atoms with Crippen molar-refractivity contribution in [3.05, 3.63) is 95.2 Å². The SMILES string of the molecule is CCCCCCNC(=O)N(CCc1ccc2nc(C(CP3(=O)N(C)CCN3C)P3(=O)N(C)CCN3C)c(OC)cc2c1)Cc1ccc(-c2ccccc2C(F)(F)F)cc1. The monoisotopic (exact) mass is 855 g/mol. The molecule has 0 saturated carbocycles. The Kier molecular flexibility index (Phi) is 14.3. The molecule has 3 heterocycles. The first-order chi connectivity index (χ1) is 28.1. The zero-order valence-electron chi connectivity index (χ0n) is 35.0. The minimum atomic E-state index is -4.48. The predicted octanol–water partition coefficient (Wildman–Crippen LogP) is 9.45. The number of pyridine rings is 1. The van der Waals surface area contributed by atoms with Crippen LogP contribution in [-0.4, -0.2) is 115 Å². The van der Waals surface area contributed by atoms with Gasteiger partial charge in [-0.05, 0) is 87.6 Å². The third kappa shape index (κ3) is 9.74. The van der Waals surface area contributed by atoms with Gasteiger partial charge in [0.25, 0.3) is 0 Å². The van der Waals surface area contributed by atoms with Gasteiger partial charge in [-0.2, -0.15) is 13.2 Å². The molecule has 1 atom stereocenters. The third-order valence-electron chi connectivity index (χ3n) is 11.9. The van der Waals surface area contributed by atoms with Crippen molar-refractivity contribution in [2.24, 2.45) is 0 Å². The van der Waals surface area contributed by atoms with E-state index in [9.17, 15) is 22.5 Å². The second kappa shape index (κ2) is 18.9. The number of methoxy groups -OCH3 is 1. The maximum atomic E-state index is 15.1. The van der Waals surface area contributed by atoms with Crippen LogP contribution in [-0.2, 0) is 28.3 Å². The van der Waals surface area contributed by atoms with Gasteiger partial charge in [-0.1, -0.05) is 74.7 Å². The summed E-state index contributed by atoms with van der Waals surface area (Å²) >= 11 is 0. The summed E-state index contributed by atoms with van der Waals surface area (Å²) in [5, 5.41) is 3.88. The van der Waals surface area contributed by atoms with Crippen molar-refractivity contribution >= 4 is 31.8 Å². The molecule has 0 aliphatic carbocycles. The van der Waals surface area contributed by atoms with Gasteiger partial charge >= 0.3 is 12.2 Å². The van der Waals surface area contributed by atoms with Gasteiger partial charge in [0.2, 0.25) is 14.9 Å². The fourth-order valence-corrected chi connectivity index (χ4v) is 14.9. The van der Waals surface area contributed by atoms with Gasteiger partial charge in [0, 0.05) is 57.4 Å². The Balaban J connectivity index is 1.25. The molecule has 1 N–H and O–H groups in total. The molecule has 0 bridgehead atoms. The van der Waals surface area contributed by atoms with E-state index in [1.54, 1.807) is 42.3 Å². The van der Waals surface area contributed by atoms with Crippen molar-refractivity contribution in [2.75, 3.05) is 80.7 Å². The van der Waals surface area contributed by atoms with Crippen LogP contribution in [0.3, 0.4) is 0 Å². The topological polar surface area (TPSA) is 102 Å². The van der Waals surface area contributed by atoms with Crippen molar-refractivity contribution < 1.29 is 31.8 Å². The molecular weight excluding hydrogens is 797 g/mol. The van der Waals surface area contributed by atoms with Crippen LogP contribution in [0.1, 0.15) is 60.7 Å². The first-order valence-corrected chi connectivity index (χ1v) is 23.9. The van der Waals surface area contributed by atoms with Crippen molar-refractivity contribution in [1.29, 1.82) is 0 Å². The number of unbranched alkanes of at least 4 members (excludes halogenated alkanes) is 3. The van der Waals surface area contributed by atoms with E-state index in [0.717, 1.165) is 48.3 Å². The molecule has 16 heteroatoms. The van der Waals surface area contributed by atoms with Gasteiger partial charge in [-0.25, -0.2) is 28.5 Å². The van der Waals surface area contributed by atoms with Crippen LogP contribution >= 0.6 is 14.9 Å². The highest BCUT2D eigenvalue weighted by atomic mass is 31.2. The van der Waals surface area contributed by atoms with Crippen LogP contribution in [0, 0.1) is 0 Å². The fourth-order valence-electron chi connectivity index (χ4n) is 8.18. The number of carbonyl (C=O) groups is 1. The molecule has 0 spiro atoms. The highest BCUT2D eigenvalue weighted by molar-refractivity contribution is 7.63. The standard InChI is InChI=1S/C43H58F3N7O4P2/c1-7-8-9-12-22-47-42(54)53(30-33-15-18-34(19-16-33)36-13-10-11-14-37(36)43(44,45)46)23-21-32-17-20-38-35(28-32)29-39(57-6)41(48-38)40(59(56)51(4)26-27-52(59)5)31-58(55)49(2)24-25-50(58)3/h10-11,13-20,28-29,40H,7-9,12,21-27,30-31H2,1-6H3,(H,47,54). The second-order valence-electron chi connectivity index (χ2n) is 15.8. The number of fused-ring (bicyclic) bond motifs is 1. The molecular formula is C43H58F3N7O4P2. The van der Waals surface area contributed by atoms with E-state index in [4.69, 9.17) is 9.72 Å². The number of aromatic nitrogens is 1. The van der Waals surface area contributed by atoms with E-state index in [0.29, 0.717) is 68.2 Å². The van der Waals surface area contributed by atoms with Crippen LogP contribution in [0.4, 0.5) is 18.0 Å². The molecule has 4 aromatic rings. The first kappa shape index (κ1) is 44.8. The van der Waals surface area contributed by atoms with Gasteiger partial charge in [0.1, 0.15) is 5.75 Å². The lowest BCUT2D eigenvalue weighted by atomic mass is 9.98. The number of ether oxygens (including phenoxy) is 1. The molecule has 1 aromatic heterocycles. The van der Waals surface area contributed by atoms with Crippen LogP contribution in [0.2, 0.25) is 0 Å². The van der Waals surface area contributed by atoms with Gasteiger partial charge < -0.3 is 15.0 Å². The number of likely N-dealkylation sites (N-methyl/N-ethyl adjacent to an activating group) is 4. The maximum absolute atomic E-state index is 15.1. The Hall–Kier alpha value is -3.77. The van der Waals surface area contributed by atoms with Crippen molar-refractivity contribution in [3.63, 3.8) is 0 Å². The summed E-state index contributed by atoms with van der Waals surface area (Å²) in [6, 6.07) is 20.0. The summed E-state index contributed by atoms with van der Waals surface area (Å²) in [4.78, 5) is 20.5. The number of carbonyl (C=O) groups excluding carboxylic acids is 1. The lowest BCUT2D eigenvalue weighted by Gasteiger charge is -2.37. The number of halogens is 3. The number of hydrogen-bond acceptors (Lipinski definition) is 5. The Morgan fingerprint density at radius 3 is 2.15 bits per heavy atom. The zero-order valence-corrected chi connectivity index (χ0v) is 36.8. The lowest BCUT2D eigenvalue weighted by Crippen LogP contribution is -2.41. The van der Waals surface area contributed by atoms with Gasteiger partial charge in [-0.15, -0.1) is 0 Å². The average molecular weight is 856 g/mol. The van der Waals surface area contributed by atoms with Crippen LogP contribution < -0.4 is 10.1 Å². The van der Waals surface area contributed by atoms with Gasteiger partial charge in [0.05, 0.1) is 29.5 Å². The molecule has 2 saturated heterocycles. The van der Waals surface area contributed by atoms with Crippen LogP contribution in [0.5, 0.6) is 5.75 Å². The summed E-state index contributed by atoms with van der Waals surface area (Å²) < 4.78 is 84.4. The number of urea groups is 1. The molecule has 6 rings (SSSR count). The molecule has 11 nitrogen and oxygen atoms in total. The highest BCUT2D eigenvalue weighted by Crippen LogP contribution is 2.71. The Bertz CT molecular complexity index is 2160. The number of amides is 2. The summed E-state index contributed by atoms with van der Waals surface area (Å²) in [6.07, 6.45) is 0.283. The summed E-state index contributed by atoms with van der Waals surface area (Å²) in [5.74, 6) is 0.477. The highest BCUT2D eigenvalue weighted by Gasteiger charge is 2.52. The third-order valence-corrected chi connectivity index (χ3v) is 19.2. The van der Waals surface area contributed by atoms with Gasteiger partial charge in [-0.3, -0.25) is 9.13 Å². The molecule has 3 aromatic carbocycles. The second-order valence-corrected chi connectivity index (χ2v) is 22.0. The van der Waals surface area contributed by atoms with E-state index in [1.807, 2.05) is 71.1 Å². The Morgan fingerprint density at radius 1 is 0.864 bits per heavy atom. The number of benzene rings is 3. The smallest absolute Gasteiger partial charge is 0.417 e. The molecule has 2 aliphatic rings. The Morgan fingerprint density at radius 2 is 1.51 bits per heavy atom. The molecule has 320 valence electrons. The van der Waals surface area contributed by atoms with E-state index in [1.165, 1.54) is 12.1 Å². The molecule has 2 amide bonds. The normalized spacial score (nSPS) is 18.1. The maximum Gasteiger partial charge on any atom is 0.417 e. The van der Waals surface area contributed by atoms with E-state index >= 15 is 4.57 Å². The molecule has 2 fully saturated rings. The predicted molar refractivity (Wildman–Crippen MR) is 230 cm³/mol. The van der Waals surface area contributed by atoms with Crippen LogP contribution in [0.25, 0.3) is 22.0 Å². The molecule has 2 aliphatic heterocycles. The number of nitrogens with one attached hydrogen (secondary N) is 1. The summed E-state index contributed by atoms with van der Waals surface area (Å²) in [5.41, 5.74) is 2.16. The number of hydrogen-bond donors (Lipinski definition) is 1. The minimum absolute atomic E-state index is 0.107. The van der Waals surface area contributed by atoms with E-state index < -0.39 is 32.3 Å². The summed E-state index contributed by atoms with van der Waals surface area (Å²) in [6.45, 7) is 5.90. The van der Waals surface area contributed by atoms with Crippen LogP contribution in [0.15, 0.2) is 72.8 Å². The van der Waals surface area contributed by atoms with E-state index in [2.05, 4.69) is 12.2 Å². The van der Waals surface area contributed by atoms with Crippen molar-refractivity contribution in [3.8, 4) is 16.9 Å². The number of nitrogens with zero attached hydrogens (tertiary/aromatic N) is 6. The number of alkyl halides is 3. The molecule has 1 unspecified atom stereocenters.